The summed E-state index contributed by atoms with van der Waals surface area (Å²) in [6.07, 6.45) is -4.62. The minimum Gasteiger partial charge on any atom is -0.299 e. The second-order valence-electron chi connectivity index (χ2n) is 3.00. The standard InChI is InChI=1S/C8H14F3NO/c1-3-7(13)6-12(2)5-4-8(9,10)11/h3-6H2,1-2H3. The van der Waals surface area contributed by atoms with E-state index in [1.807, 2.05) is 0 Å². The quantitative estimate of drug-likeness (QED) is 0.670. The predicted octanol–water partition coefficient (Wildman–Crippen LogP) is 1.85. The number of ketones is 1. The van der Waals surface area contributed by atoms with Gasteiger partial charge in [0.2, 0.25) is 0 Å². The van der Waals surface area contributed by atoms with Crippen molar-refractivity contribution in [2.75, 3.05) is 20.1 Å². The maximum atomic E-state index is 11.7. The van der Waals surface area contributed by atoms with Gasteiger partial charge >= 0.3 is 6.18 Å². The first-order valence-corrected chi connectivity index (χ1v) is 4.12. The lowest BCUT2D eigenvalue weighted by atomic mass is 10.3. The van der Waals surface area contributed by atoms with Crippen molar-refractivity contribution in [3.8, 4) is 0 Å². The van der Waals surface area contributed by atoms with Gasteiger partial charge in [-0.15, -0.1) is 0 Å². The molecule has 0 saturated carbocycles. The molecule has 0 N–H and O–H groups in total. The van der Waals surface area contributed by atoms with Gasteiger partial charge in [0.15, 0.2) is 0 Å². The Bertz CT molecular complexity index is 167. The molecule has 0 aliphatic heterocycles. The zero-order chi connectivity index (χ0) is 10.5. The van der Waals surface area contributed by atoms with Crippen LogP contribution in [0.25, 0.3) is 0 Å². The van der Waals surface area contributed by atoms with Crippen LogP contribution in [-0.2, 0) is 4.79 Å². The number of carbonyl (C=O) groups is 1. The van der Waals surface area contributed by atoms with Crippen LogP contribution >= 0.6 is 0 Å². The molecule has 0 unspecified atom stereocenters. The molecule has 0 aromatic carbocycles. The number of alkyl halides is 3. The van der Waals surface area contributed by atoms with Gasteiger partial charge in [0, 0.05) is 13.0 Å². The molecule has 0 fully saturated rings. The molecule has 0 aromatic rings. The molecule has 0 aliphatic carbocycles. The van der Waals surface area contributed by atoms with Crippen LogP contribution in [0.15, 0.2) is 0 Å². The Hall–Kier alpha value is -0.580. The Morgan fingerprint density at radius 1 is 1.38 bits per heavy atom. The minimum absolute atomic E-state index is 0.0373. The molecule has 0 saturated heterocycles. The fourth-order valence-corrected chi connectivity index (χ4v) is 0.810. The van der Waals surface area contributed by atoms with Crippen LogP contribution in [0.4, 0.5) is 13.2 Å². The van der Waals surface area contributed by atoms with Crippen molar-refractivity contribution in [2.24, 2.45) is 0 Å². The van der Waals surface area contributed by atoms with E-state index < -0.39 is 12.6 Å². The summed E-state index contributed by atoms with van der Waals surface area (Å²) >= 11 is 0. The summed E-state index contributed by atoms with van der Waals surface area (Å²) in [6.45, 7) is 1.68. The lowest BCUT2D eigenvalue weighted by molar-refractivity contribution is -0.138. The van der Waals surface area contributed by atoms with E-state index in [-0.39, 0.29) is 18.9 Å². The zero-order valence-corrected chi connectivity index (χ0v) is 7.82. The molecule has 78 valence electrons. The van der Waals surface area contributed by atoms with E-state index in [9.17, 15) is 18.0 Å². The van der Waals surface area contributed by atoms with E-state index in [0.717, 1.165) is 0 Å². The fraction of sp³-hybridized carbons (Fsp3) is 0.875. The molecular formula is C8H14F3NO. The van der Waals surface area contributed by atoms with Gasteiger partial charge in [-0.05, 0) is 7.05 Å². The Labute approximate surface area is 75.7 Å². The highest BCUT2D eigenvalue weighted by atomic mass is 19.4. The van der Waals surface area contributed by atoms with E-state index in [0.29, 0.717) is 6.42 Å². The summed E-state index contributed by atoms with van der Waals surface area (Å²) in [6, 6.07) is 0. The maximum Gasteiger partial charge on any atom is 0.390 e. The van der Waals surface area contributed by atoms with Crippen molar-refractivity contribution >= 4 is 5.78 Å². The van der Waals surface area contributed by atoms with Crippen molar-refractivity contribution in [3.63, 3.8) is 0 Å². The van der Waals surface area contributed by atoms with Crippen molar-refractivity contribution < 1.29 is 18.0 Å². The van der Waals surface area contributed by atoms with Gasteiger partial charge in [0.1, 0.15) is 5.78 Å². The average molecular weight is 197 g/mol. The van der Waals surface area contributed by atoms with E-state index in [1.54, 1.807) is 6.92 Å². The Balaban J connectivity index is 3.63. The first-order valence-electron chi connectivity index (χ1n) is 4.12. The van der Waals surface area contributed by atoms with Crippen molar-refractivity contribution in [1.82, 2.24) is 4.90 Å². The zero-order valence-electron chi connectivity index (χ0n) is 7.82. The largest absolute Gasteiger partial charge is 0.390 e. The van der Waals surface area contributed by atoms with Crippen LogP contribution < -0.4 is 0 Å². The molecule has 13 heavy (non-hydrogen) atoms. The first kappa shape index (κ1) is 12.4. The van der Waals surface area contributed by atoms with Gasteiger partial charge in [0.05, 0.1) is 13.0 Å². The van der Waals surface area contributed by atoms with Crippen LogP contribution in [0.3, 0.4) is 0 Å². The molecule has 0 atom stereocenters. The molecule has 0 amide bonds. The smallest absolute Gasteiger partial charge is 0.299 e. The summed E-state index contributed by atoms with van der Waals surface area (Å²) < 4.78 is 35.2. The van der Waals surface area contributed by atoms with Crippen LogP contribution in [0.5, 0.6) is 0 Å². The van der Waals surface area contributed by atoms with E-state index in [1.165, 1.54) is 11.9 Å². The number of rotatable bonds is 5. The average Bonchev–Trinajstić information content (AvgIpc) is 1.99. The molecule has 5 heteroatoms. The van der Waals surface area contributed by atoms with Gasteiger partial charge in [0.25, 0.3) is 0 Å². The number of Topliss-reactive ketones (excluding diaryl/α,β-unsaturated/α-hetero) is 1. The monoisotopic (exact) mass is 197 g/mol. The number of carbonyl (C=O) groups excluding carboxylic acids is 1. The van der Waals surface area contributed by atoms with Gasteiger partial charge in [-0.2, -0.15) is 13.2 Å². The van der Waals surface area contributed by atoms with Crippen molar-refractivity contribution in [3.05, 3.63) is 0 Å². The molecule has 0 rings (SSSR count). The van der Waals surface area contributed by atoms with Crippen LogP contribution in [0, 0.1) is 0 Å². The Kier molecular flexibility index (Phi) is 4.98. The summed E-state index contributed by atoms with van der Waals surface area (Å²) in [7, 11) is 1.51. The van der Waals surface area contributed by atoms with Gasteiger partial charge in [-0.3, -0.25) is 9.69 Å². The third-order valence-electron chi connectivity index (χ3n) is 1.62. The summed E-state index contributed by atoms with van der Waals surface area (Å²) in [4.78, 5) is 12.2. The summed E-state index contributed by atoms with van der Waals surface area (Å²) in [5.74, 6) is -0.0373. The van der Waals surface area contributed by atoms with Crippen LogP contribution in [-0.4, -0.2) is 37.0 Å². The lowest BCUT2D eigenvalue weighted by Gasteiger charge is -2.16. The minimum atomic E-state index is -4.14. The molecule has 0 heterocycles. The van der Waals surface area contributed by atoms with E-state index in [2.05, 4.69) is 0 Å². The van der Waals surface area contributed by atoms with Crippen LogP contribution in [0.2, 0.25) is 0 Å². The second kappa shape index (κ2) is 5.21. The third kappa shape index (κ3) is 7.77. The van der Waals surface area contributed by atoms with Crippen molar-refractivity contribution in [2.45, 2.75) is 25.9 Å². The molecule has 0 aromatic heterocycles. The lowest BCUT2D eigenvalue weighted by Crippen LogP contribution is -2.29. The fourth-order valence-electron chi connectivity index (χ4n) is 0.810. The second-order valence-corrected chi connectivity index (χ2v) is 3.00. The maximum absolute atomic E-state index is 11.7. The summed E-state index contributed by atoms with van der Waals surface area (Å²) in [5, 5.41) is 0. The number of hydrogen-bond donors (Lipinski definition) is 0. The van der Waals surface area contributed by atoms with Crippen LogP contribution in [0.1, 0.15) is 19.8 Å². The Morgan fingerprint density at radius 3 is 2.31 bits per heavy atom. The Morgan fingerprint density at radius 2 is 1.92 bits per heavy atom. The highest BCUT2D eigenvalue weighted by Gasteiger charge is 2.27. The van der Waals surface area contributed by atoms with Gasteiger partial charge in [-0.1, -0.05) is 6.92 Å². The van der Waals surface area contributed by atoms with E-state index in [4.69, 9.17) is 0 Å². The first-order chi connectivity index (χ1) is 5.85. The topological polar surface area (TPSA) is 20.3 Å². The highest BCUT2D eigenvalue weighted by Crippen LogP contribution is 2.19. The molecule has 2 nitrogen and oxygen atoms in total. The number of nitrogens with zero attached hydrogens (tertiary/aromatic N) is 1. The molecule has 0 aliphatic rings. The van der Waals surface area contributed by atoms with Gasteiger partial charge < -0.3 is 0 Å². The SMILES string of the molecule is CCC(=O)CN(C)CCC(F)(F)F. The number of likely N-dealkylation sites (N-methyl/N-ethyl adjacent to an activating group) is 1. The van der Waals surface area contributed by atoms with Crippen molar-refractivity contribution in [1.29, 1.82) is 0 Å². The molecule has 0 spiro atoms. The predicted molar refractivity (Wildman–Crippen MR) is 43.5 cm³/mol. The molecular weight excluding hydrogens is 183 g/mol. The van der Waals surface area contributed by atoms with E-state index >= 15 is 0 Å². The van der Waals surface area contributed by atoms with Gasteiger partial charge in [-0.25, -0.2) is 0 Å². The highest BCUT2D eigenvalue weighted by molar-refractivity contribution is 5.80. The normalized spacial score (nSPS) is 12.2. The summed E-state index contributed by atoms with van der Waals surface area (Å²) in [5.41, 5.74) is 0. The number of hydrogen-bond acceptors (Lipinski definition) is 2. The molecule has 0 bridgehead atoms. The third-order valence-corrected chi connectivity index (χ3v) is 1.62. The molecule has 0 radical (unpaired) electrons. The number of halogens is 3.